The highest BCUT2D eigenvalue weighted by Crippen LogP contribution is 2.26. The molecule has 0 fully saturated rings. The van der Waals surface area contributed by atoms with Crippen LogP contribution in [0.5, 0.6) is 0 Å². The van der Waals surface area contributed by atoms with Crippen LogP contribution in [0, 0.1) is 46.5 Å². The number of anilines is 2. The first-order valence-corrected chi connectivity index (χ1v) is 12.6. The zero-order valence-corrected chi connectivity index (χ0v) is 23.5. The number of halogens is 8. The summed E-state index contributed by atoms with van der Waals surface area (Å²) in [5, 5.41) is 0. The van der Waals surface area contributed by atoms with Gasteiger partial charge in [0.2, 0.25) is 5.71 Å². The van der Waals surface area contributed by atoms with Crippen molar-refractivity contribution in [3.63, 3.8) is 0 Å². The van der Waals surface area contributed by atoms with E-state index in [1.807, 2.05) is 0 Å². The lowest BCUT2D eigenvalue weighted by Gasteiger charge is -2.15. The minimum absolute atomic E-state index is 0.0156. The van der Waals surface area contributed by atoms with Gasteiger partial charge in [0.05, 0.1) is 0 Å². The molecule has 0 saturated heterocycles. The van der Waals surface area contributed by atoms with Crippen molar-refractivity contribution in [1.82, 2.24) is 0 Å². The lowest BCUT2D eigenvalue weighted by molar-refractivity contribution is -0.328. The van der Waals surface area contributed by atoms with E-state index in [2.05, 4.69) is 0 Å². The zero-order valence-electron chi connectivity index (χ0n) is 23.5. The molecule has 5 nitrogen and oxygen atoms in total. The molecule has 0 atom stereocenters. The summed E-state index contributed by atoms with van der Waals surface area (Å²) in [7, 11) is 6.83. The second kappa shape index (κ2) is 12.3. The number of imide groups is 1. The molecule has 44 heavy (non-hydrogen) atoms. The fraction of sp³-hybridized carbons (Fsp3) is 0.129. The predicted molar refractivity (Wildman–Crippen MR) is 146 cm³/mol. The first kappa shape index (κ1) is 31.9. The van der Waals surface area contributed by atoms with Crippen LogP contribution >= 0.6 is 0 Å². The molecule has 0 aliphatic carbocycles. The minimum Gasteiger partial charge on any atom is -0.378 e. The number of carbonyl (C=O) groups is 2. The zero-order chi connectivity index (χ0) is 32.6. The van der Waals surface area contributed by atoms with E-state index in [9.17, 15) is 44.7 Å². The molecule has 0 aliphatic rings. The number of carbonyl (C=O) groups excluding carboxylic acids is 2. The van der Waals surface area contributed by atoms with Crippen molar-refractivity contribution in [3.8, 4) is 0 Å². The van der Waals surface area contributed by atoms with Crippen molar-refractivity contribution < 1.29 is 49.3 Å². The molecule has 0 radical (unpaired) electrons. The topological polar surface area (TPSA) is 43.6 Å². The quantitative estimate of drug-likeness (QED) is 0.0620. The van der Waals surface area contributed by atoms with Crippen molar-refractivity contribution in [2.24, 2.45) is 0 Å². The third kappa shape index (κ3) is 5.77. The van der Waals surface area contributed by atoms with Gasteiger partial charge < -0.3 is 9.80 Å². The van der Waals surface area contributed by atoms with Gasteiger partial charge in [-0.25, -0.2) is 44.7 Å². The van der Waals surface area contributed by atoms with Gasteiger partial charge in [0.1, 0.15) is 11.1 Å². The second-order valence-corrected chi connectivity index (χ2v) is 9.87. The molecule has 228 valence electrons. The maximum absolute atomic E-state index is 14.9. The molecule has 4 aromatic rings. The number of rotatable bonds is 6. The Hall–Kier alpha value is -5.07. The highest BCUT2D eigenvalue weighted by molar-refractivity contribution is 6.17. The summed E-state index contributed by atoms with van der Waals surface area (Å²) in [6.07, 6.45) is 0. The van der Waals surface area contributed by atoms with Crippen LogP contribution < -0.4 is 9.80 Å². The summed E-state index contributed by atoms with van der Waals surface area (Å²) in [6, 6.07) is 11.6. The van der Waals surface area contributed by atoms with Crippen molar-refractivity contribution in [3.05, 3.63) is 129 Å². The molecule has 0 heterocycles. The summed E-state index contributed by atoms with van der Waals surface area (Å²) in [4.78, 5) is 31.1. The predicted octanol–water partition coefficient (Wildman–Crippen LogP) is 6.46. The van der Waals surface area contributed by atoms with Crippen LogP contribution in [0.1, 0.15) is 31.8 Å². The van der Waals surface area contributed by atoms with E-state index in [0.717, 1.165) is 0 Å². The van der Waals surface area contributed by atoms with E-state index < -0.39 is 75.2 Å². The molecule has 4 aromatic carbocycles. The van der Waals surface area contributed by atoms with Crippen LogP contribution in [-0.4, -0.2) is 50.3 Å². The summed E-state index contributed by atoms with van der Waals surface area (Å²) < 4.78 is 114. The standard InChI is InChI=1S/C31H22F8N3O2/c1-40(2)17-9-5-15(6-10-17)29(16-7-11-18(12-8-16)41(3)4)42(30(43)19-13-21(32)25(36)27(38)23(19)34)31(44)20-14-22(33)26(37)28(39)24(20)35/h5-14H,1-4H3/q+1. The van der Waals surface area contributed by atoms with E-state index >= 15 is 0 Å². The van der Waals surface area contributed by atoms with Crippen LogP contribution in [-0.2, 0) is 0 Å². The van der Waals surface area contributed by atoms with E-state index in [4.69, 9.17) is 0 Å². The summed E-state index contributed by atoms with van der Waals surface area (Å²) >= 11 is 0. The summed E-state index contributed by atoms with van der Waals surface area (Å²) in [5.41, 5.74) is -2.19. The Bertz CT molecular complexity index is 1690. The fourth-order valence-corrected chi connectivity index (χ4v) is 4.25. The van der Waals surface area contributed by atoms with Crippen molar-refractivity contribution in [1.29, 1.82) is 0 Å². The number of benzene rings is 4. The number of amides is 2. The molecule has 0 unspecified atom stereocenters. The first-order chi connectivity index (χ1) is 20.6. The smallest absolute Gasteiger partial charge is 0.378 e. The largest absolute Gasteiger partial charge is 0.431 e. The molecule has 0 saturated carbocycles. The molecule has 0 aromatic heterocycles. The van der Waals surface area contributed by atoms with Gasteiger partial charge >= 0.3 is 11.8 Å². The second-order valence-electron chi connectivity index (χ2n) is 9.87. The normalized spacial score (nSPS) is 10.9. The van der Waals surface area contributed by atoms with Gasteiger partial charge in [-0.15, -0.1) is 0 Å². The number of hydrogen-bond acceptors (Lipinski definition) is 4. The average Bonchev–Trinajstić information content (AvgIpc) is 3.00. The molecule has 0 N–H and O–H groups in total. The van der Waals surface area contributed by atoms with Gasteiger partial charge in [-0.05, 0) is 60.7 Å². The Morgan fingerprint density at radius 1 is 0.500 bits per heavy atom. The van der Waals surface area contributed by atoms with Crippen LogP contribution in [0.15, 0.2) is 60.7 Å². The highest BCUT2D eigenvalue weighted by Gasteiger charge is 2.41. The molecule has 2 amide bonds. The highest BCUT2D eigenvalue weighted by atomic mass is 19.2. The van der Waals surface area contributed by atoms with Crippen molar-refractivity contribution in [2.75, 3.05) is 38.0 Å². The van der Waals surface area contributed by atoms with E-state index in [-0.39, 0.29) is 27.8 Å². The molecule has 13 heteroatoms. The lowest BCUT2D eigenvalue weighted by atomic mass is 9.99. The summed E-state index contributed by atoms with van der Waals surface area (Å²) in [5.74, 6) is -21.4. The average molecular weight is 621 g/mol. The van der Waals surface area contributed by atoms with E-state index in [1.54, 1.807) is 38.0 Å². The Labute approximate surface area is 245 Å². The van der Waals surface area contributed by atoms with Gasteiger partial charge in [0, 0.05) is 50.7 Å². The molecule has 0 aliphatic heterocycles. The van der Waals surface area contributed by atoms with Crippen molar-refractivity contribution >= 4 is 28.9 Å². The van der Waals surface area contributed by atoms with Crippen molar-refractivity contribution in [2.45, 2.75) is 0 Å². The Kier molecular flexibility index (Phi) is 8.88. The lowest BCUT2D eigenvalue weighted by Crippen LogP contribution is -2.36. The van der Waals surface area contributed by atoms with Gasteiger partial charge in [0.25, 0.3) is 0 Å². The van der Waals surface area contributed by atoms with Gasteiger partial charge in [0.15, 0.2) is 46.5 Å². The van der Waals surface area contributed by atoms with Gasteiger partial charge in [-0.2, -0.15) is 0 Å². The fourth-order valence-electron chi connectivity index (χ4n) is 4.25. The molecular weight excluding hydrogens is 598 g/mol. The third-order valence-corrected chi connectivity index (χ3v) is 6.61. The van der Waals surface area contributed by atoms with Crippen LogP contribution in [0.25, 0.3) is 0 Å². The third-order valence-electron chi connectivity index (χ3n) is 6.61. The van der Waals surface area contributed by atoms with Gasteiger partial charge in [-0.1, -0.05) is 4.58 Å². The molecule has 0 spiro atoms. The summed E-state index contributed by atoms with van der Waals surface area (Å²) in [6.45, 7) is 0. The SMILES string of the molecule is CN(C)c1ccc(C(c2ccc(N(C)C)cc2)=[N+](C(=O)c2cc(F)c(F)c(F)c2F)C(=O)c2cc(F)c(F)c(F)c2F)cc1. The Morgan fingerprint density at radius 2 is 0.818 bits per heavy atom. The minimum atomic E-state index is -2.39. The van der Waals surface area contributed by atoms with Crippen LogP contribution in [0.3, 0.4) is 0 Å². The molecule has 4 rings (SSSR count). The number of nitrogens with zero attached hydrogens (tertiary/aromatic N) is 3. The van der Waals surface area contributed by atoms with Crippen LogP contribution in [0.2, 0.25) is 0 Å². The monoisotopic (exact) mass is 620 g/mol. The van der Waals surface area contributed by atoms with Gasteiger partial charge in [-0.3, -0.25) is 0 Å². The molecular formula is C31H22F8N3O2+. The first-order valence-electron chi connectivity index (χ1n) is 12.6. The number of hydrogen-bond donors (Lipinski definition) is 0. The maximum atomic E-state index is 14.9. The van der Waals surface area contributed by atoms with Crippen LogP contribution in [0.4, 0.5) is 46.5 Å². The Balaban J connectivity index is 2.16. The maximum Gasteiger partial charge on any atom is 0.431 e. The molecule has 0 bridgehead atoms. The van der Waals surface area contributed by atoms with E-state index in [1.165, 1.54) is 48.5 Å². The Morgan fingerprint density at radius 3 is 1.11 bits per heavy atom. The van der Waals surface area contributed by atoms with E-state index in [0.29, 0.717) is 11.4 Å².